The van der Waals surface area contributed by atoms with Gasteiger partial charge in [-0.05, 0) is 40.9 Å². The molecular formula is C11H12BrClO2. The predicted molar refractivity (Wildman–Crippen MR) is 64.1 cm³/mol. The quantitative estimate of drug-likeness (QED) is 0.792. The van der Waals surface area contributed by atoms with E-state index in [4.69, 9.17) is 16.3 Å². The summed E-state index contributed by atoms with van der Waals surface area (Å²) < 4.78 is 5.69. The van der Waals surface area contributed by atoms with Crippen molar-refractivity contribution >= 4 is 33.5 Å². The van der Waals surface area contributed by atoms with Crippen molar-refractivity contribution in [2.24, 2.45) is 0 Å². The van der Waals surface area contributed by atoms with E-state index in [1.165, 1.54) is 0 Å². The Hall–Kier alpha value is -0.540. The predicted octanol–water partition coefficient (Wildman–Crippen LogP) is 3.60. The van der Waals surface area contributed by atoms with Gasteiger partial charge in [0.1, 0.15) is 0 Å². The van der Waals surface area contributed by atoms with Gasteiger partial charge in [0.25, 0.3) is 0 Å². The average molecular weight is 292 g/mol. The monoisotopic (exact) mass is 290 g/mol. The average Bonchev–Trinajstić information content (AvgIpc) is 2.21. The van der Waals surface area contributed by atoms with E-state index in [2.05, 4.69) is 15.9 Å². The number of ether oxygens (including phenoxy) is 1. The fourth-order valence-corrected chi connectivity index (χ4v) is 1.84. The van der Waals surface area contributed by atoms with Crippen LogP contribution in [0, 0.1) is 0 Å². The molecule has 0 amide bonds. The van der Waals surface area contributed by atoms with Crippen molar-refractivity contribution in [3.63, 3.8) is 0 Å². The SMILES string of the molecule is CCOC(=O)CCc1cccc(Br)c1Cl. The van der Waals surface area contributed by atoms with E-state index in [1.54, 1.807) is 6.92 Å². The lowest BCUT2D eigenvalue weighted by atomic mass is 10.1. The summed E-state index contributed by atoms with van der Waals surface area (Å²) in [7, 11) is 0. The van der Waals surface area contributed by atoms with Crippen LogP contribution < -0.4 is 0 Å². The molecule has 0 aliphatic carbocycles. The van der Waals surface area contributed by atoms with Gasteiger partial charge >= 0.3 is 5.97 Å². The highest BCUT2D eigenvalue weighted by atomic mass is 79.9. The molecule has 2 nitrogen and oxygen atoms in total. The Morgan fingerprint density at radius 2 is 2.27 bits per heavy atom. The Morgan fingerprint density at radius 3 is 2.93 bits per heavy atom. The maximum Gasteiger partial charge on any atom is 0.306 e. The molecule has 0 N–H and O–H groups in total. The minimum absolute atomic E-state index is 0.187. The van der Waals surface area contributed by atoms with E-state index < -0.39 is 0 Å². The van der Waals surface area contributed by atoms with Crippen molar-refractivity contribution < 1.29 is 9.53 Å². The molecule has 15 heavy (non-hydrogen) atoms. The molecule has 1 aromatic carbocycles. The zero-order valence-corrected chi connectivity index (χ0v) is 10.8. The second kappa shape index (κ2) is 6.13. The molecule has 0 saturated carbocycles. The molecule has 0 unspecified atom stereocenters. The first-order chi connectivity index (χ1) is 7.15. The van der Waals surface area contributed by atoms with Crippen molar-refractivity contribution in [2.45, 2.75) is 19.8 Å². The van der Waals surface area contributed by atoms with E-state index in [1.807, 2.05) is 18.2 Å². The van der Waals surface area contributed by atoms with Crippen molar-refractivity contribution in [1.29, 1.82) is 0 Å². The molecule has 0 aliphatic rings. The van der Waals surface area contributed by atoms with Gasteiger partial charge in [-0.2, -0.15) is 0 Å². The Bertz CT molecular complexity index is 352. The number of rotatable bonds is 4. The summed E-state index contributed by atoms with van der Waals surface area (Å²) in [5.41, 5.74) is 0.957. The second-order valence-electron chi connectivity index (χ2n) is 3.02. The minimum Gasteiger partial charge on any atom is -0.466 e. The lowest BCUT2D eigenvalue weighted by molar-refractivity contribution is -0.143. The van der Waals surface area contributed by atoms with Gasteiger partial charge < -0.3 is 4.74 Å². The summed E-state index contributed by atoms with van der Waals surface area (Å²) in [5.74, 6) is -0.187. The van der Waals surface area contributed by atoms with Crippen molar-refractivity contribution in [2.75, 3.05) is 6.61 Å². The van der Waals surface area contributed by atoms with E-state index in [0.29, 0.717) is 24.5 Å². The molecule has 0 fully saturated rings. The first kappa shape index (κ1) is 12.5. The zero-order chi connectivity index (χ0) is 11.3. The van der Waals surface area contributed by atoms with Gasteiger partial charge in [0.15, 0.2) is 0 Å². The van der Waals surface area contributed by atoms with Crippen LogP contribution in [0.4, 0.5) is 0 Å². The molecule has 4 heteroatoms. The summed E-state index contributed by atoms with van der Waals surface area (Å²) in [5, 5.41) is 0.668. The summed E-state index contributed by atoms with van der Waals surface area (Å²) in [4.78, 5) is 11.1. The lowest BCUT2D eigenvalue weighted by Crippen LogP contribution is -2.05. The first-order valence-corrected chi connectivity index (χ1v) is 5.90. The van der Waals surface area contributed by atoms with Crippen LogP contribution in [0.25, 0.3) is 0 Å². The molecule has 0 atom stereocenters. The van der Waals surface area contributed by atoms with Crippen LogP contribution >= 0.6 is 27.5 Å². The van der Waals surface area contributed by atoms with Crippen LogP contribution in [0.2, 0.25) is 5.02 Å². The van der Waals surface area contributed by atoms with Crippen LogP contribution in [0.3, 0.4) is 0 Å². The number of halogens is 2. The number of carbonyl (C=O) groups excluding carboxylic acids is 1. The van der Waals surface area contributed by atoms with Crippen LogP contribution in [0.15, 0.2) is 22.7 Å². The molecule has 0 spiro atoms. The molecule has 0 aliphatic heterocycles. The summed E-state index contributed by atoms with van der Waals surface area (Å²) >= 11 is 9.39. The molecule has 0 bridgehead atoms. The van der Waals surface area contributed by atoms with Crippen LogP contribution in [-0.2, 0) is 16.0 Å². The first-order valence-electron chi connectivity index (χ1n) is 4.73. The smallest absolute Gasteiger partial charge is 0.306 e. The normalized spacial score (nSPS) is 10.1. The van der Waals surface area contributed by atoms with Gasteiger partial charge in [-0.1, -0.05) is 23.7 Å². The fraction of sp³-hybridized carbons (Fsp3) is 0.364. The maximum atomic E-state index is 11.1. The van der Waals surface area contributed by atoms with Crippen LogP contribution in [0.5, 0.6) is 0 Å². The van der Waals surface area contributed by atoms with Crippen molar-refractivity contribution in [3.05, 3.63) is 33.3 Å². The Labute approximate surface area is 103 Å². The van der Waals surface area contributed by atoms with Crippen molar-refractivity contribution in [1.82, 2.24) is 0 Å². The number of benzene rings is 1. The number of aryl methyl sites for hydroxylation is 1. The number of hydrogen-bond donors (Lipinski definition) is 0. The number of carbonyl (C=O) groups is 1. The summed E-state index contributed by atoms with van der Waals surface area (Å²) in [6.45, 7) is 2.22. The maximum absolute atomic E-state index is 11.1. The van der Waals surface area contributed by atoms with E-state index >= 15 is 0 Å². The van der Waals surface area contributed by atoms with Crippen LogP contribution in [0.1, 0.15) is 18.9 Å². The van der Waals surface area contributed by atoms with E-state index in [9.17, 15) is 4.79 Å². The van der Waals surface area contributed by atoms with E-state index in [0.717, 1.165) is 10.0 Å². The molecule has 1 aromatic rings. The van der Waals surface area contributed by atoms with Gasteiger partial charge in [0.05, 0.1) is 11.6 Å². The third-order valence-electron chi connectivity index (χ3n) is 1.94. The zero-order valence-electron chi connectivity index (χ0n) is 8.43. The third-order valence-corrected chi connectivity index (χ3v) is 3.27. The highest BCUT2D eigenvalue weighted by molar-refractivity contribution is 9.10. The molecule has 0 radical (unpaired) electrons. The number of hydrogen-bond acceptors (Lipinski definition) is 2. The standard InChI is InChI=1S/C11H12BrClO2/c1-2-15-10(14)7-6-8-4-3-5-9(12)11(8)13/h3-5H,2,6-7H2,1H3. The highest BCUT2D eigenvalue weighted by Crippen LogP contribution is 2.26. The minimum atomic E-state index is -0.187. The van der Waals surface area contributed by atoms with Crippen molar-refractivity contribution in [3.8, 4) is 0 Å². The molecule has 82 valence electrons. The molecule has 1 rings (SSSR count). The topological polar surface area (TPSA) is 26.3 Å². The van der Waals surface area contributed by atoms with Gasteiger partial charge in [-0.3, -0.25) is 4.79 Å². The summed E-state index contributed by atoms with van der Waals surface area (Å²) in [6, 6.07) is 5.68. The Morgan fingerprint density at radius 1 is 1.53 bits per heavy atom. The van der Waals surface area contributed by atoms with Gasteiger partial charge in [0.2, 0.25) is 0 Å². The van der Waals surface area contributed by atoms with E-state index in [-0.39, 0.29) is 5.97 Å². The fourth-order valence-electron chi connectivity index (χ4n) is 1.21. The highest BCUT2D eigenvalue weighted by Gasteiger charge is 2.07. The van der Waals surface area contributed by atoms with Crippen LogP contribution in [-0.4, -0.2) is 12.6 Å². The molecule has 0 heterocycles. The largest absolute Gasteiger partial charge is 0.466 e. The van der Waals surface area contributed by atoms with Gasteiger partial charge in [-0.15, -0.1) is 0 Å². The number of esters is 1. The molecule has 0 aromatic heterocycles. The van der Waals surface area contributed by atoms with Gasteiger partial charge in [0, 0.05) is 10.9 Å². The third kappa shape index (κ3) is 3.84. The molecule has 0 saturated heterocycles. The molecular weight excluding hydrogens is 279 g/mol. The lowest BCUT2D eigenvalue weighted by Gasteiger charge is -2.05. The van der Waals surface area contributed by atoms with Gasteiger partial charge in [-0.25, -0.2) is 0 Å². The second-order valence-corrected chi connectivity index (χ2v) is 4.25. The Kier molecular flexibility index (Phi) is 5.12. The summed E-state index contributed by atoms with van der Waals surface area (Å²) in [6.07, 6.45) is 0.973. The Balaban J connectivity index is 2.58.